The second-order valence-electron chi connectivity index (χ2n) is 7.29. The van der Waals surface area contributed by atoms with Crippen LogP contribution in [0.3, 0.4) is 0 Å². The summed E-state index contributed by atoms with van der Waals surface area (Å²) in [5.74, 6) is -1.99. The van der Waals surface area contributed by atoms with Gasteiger partial charge in [-0.2, -0.15) is 10.2 Å². The van der Waals surface area contributed by atoms with E-state index in [1.807, 2.05) is 0 Å². The van der Waals surface area contributed by atoms with E-state index >= 15 is 0 Å². The summed E-state index contributed by atoms with van der Waals surface area (Å²) in [4.78, 5) is 45.3. The van der Waals surface area contributed by atoms with Crippen LogP contribution in [0.25, 0.3) is 0 Å². The summed E-state index contributed by atoms with van der Waals surface area (Å²) < 4.78 is 9.84. The Balaban J connectivity index is 1.51. The van der Waals surface area contributed by atoms with Gasteiger partial charge in [0, 0.05) is 23.3 Å². The van der Waals surface area contributed by atoms with Crippen LogP contribution in [0.5, 0.6) is 11.5 Å². The molecule has 0 saturated heterocycles. The number of rotatable bonds is 10. The number of benzene rings is 2. The van der Waals surface area contributed by atoms with Crippen molar-refractivity contribution in [2.24, 2.45) is 22.0 Å². The summed E-state index contributed by atoms with van der Waals surface area (Å²) in [6, 6.07) is 8.38. The number of carbonyl (C=O) groups is 2. The van der Waals surface area contributed by atoms with Gasteiger partial charge >= 0.3 is 11.4 Å². The average molecular weight is 484 g/mol. The summed E-state index contributed by atoms with van der Waals surface area (Å²) in [5.41, 5.74) is 4.85. The van der Waals surface area contributed by atoms with Gasteiger partial charge in [0.25, 0.3) is 0 Å². The van der Waals surface area contributed by atoms with Crippen LogP contribution in [0.15, 0.2) is 46.6 Å². The topological polar surface area (TPSA) is 188 Å². The maximum atomic E-state index is 12.2. The molecule has 0 bridgehead atoms. The maximum absolute atomic E-state index is 12.2. The van der Waals surface area contributed by atoms with E-state index in [0.29, 0.717) is 17.5 Å². The maximum Gasteiger partial charge on any atom is 0.311 e. The Bertz CT molecular complexity index is 1130. The van der Waals surface area contributed by atoms with Crippen molar-refractivity contribution in [2.45, 2.75) is 6.42 Å². The first kappa shape index (κ1) is 24.8. The minimum atomic E-state index is -0.602. The highest BCUT2D eigenvalue weighted by Crippen LogP contribution is 2.38. The number of amides is 2. The van der Waals surface area contributed by atoms with Crippen molar-refractivity contribution in [1.82, 2.24) is 10.9 Å². The summed E-state index contributed by atoms with van der Waals surface area (Å²) in [6.07, 6.45) is 2.77. The molecule has 0 radical (unpaired) electrons. The molecular formula is C21H20N6O8. The predicted molar refractivity (Wildman–Crippen MR) is 122 cm³/mol. The summed E-state index contributed by atoms with van der Waals surface area (Å²) >= 11 is 0. The quantitative estimate of drug-likeness (QED) is 0.290. The van der Waals surface area contributed by atoms with Crippen LogP contribution in [0.1, 0.15) is 17.5 Å². The van der Waals surface area contributed by atoms with Crippen LogP contribution in [0, 0.1) is 32.1 Å². The molecule has 0 spiro atoms. The van der Waals surface area contributed by atoms with E-state index < -0.39 is 33.5 Å². The number of nitrogens with one attached hydrogen (secondary N) is 2. The van der Waals surface area contributed by atoms with Gasteiger partial charge in [-0.3, -0.25) is 29.8 Å². The van der Waals surface area contributed by atoms with E-state index in [0.717, 1.165) is 0 Å². The zero-order valence-corrected chi connectivity index (χ0v) is 18.5. The Morgan fingerprint density at radius 1 is 0.857 bits per heavy atom. The summed E-state index contributed by atoms with van der Waals surface area (Å²) in [7, 11) is 2.63. The fraction of sp³-hybridized carbons (Fsp3) is 0.238. The molecule has 1 saturated carbocycles. The molecule has 14 heteroatoms. The van der Waals surface area contributed by atoms with E-state index in [4.69, 9.17) is 9.47 Å². The molecule has 2 N–H and O–H groups in total. The number of methoxy groups -OCH3 is 2. The molecular weight excluding hydrogens is 464 g/mol. The normalized spacial score (nSPS) is 16.6. The molecule has 14 nitrogen and oxygen atoms in total. The van der Waals surface area contributed by atoms with Crippen LogP contribution in [-0.2, 0) is 9.59 Å². The summed E-state index contributed by atoms with van der Waals surface area (Å²) in [6.45, 7) is 0. The van der Waals surface area contributed by atoms with Gasteiger partial charge < -0.3 is 9.47 Å². The molecule has 3 rings (SSSR count). The molecule has 1 aliphatic rings. The number of nitro groups is 2. The zero-order valence-electron chi connectivity index (χ0n) is 18.5. The van der Waals surface area contributed by atoms with Gasteiger partial charge in [0.05, 0.1) is 48.3 Å². The highest BCUT2D eigenvalue weighted by molar-refractivity contribution is 5.93. The van der Waals surface area contributed by atoms with Crippen LogP contribution in [-0.4, -0.2) is 48.3 Å². The lowest BCUT2D eigenvalue weighted by atomic mass is 10.2. The van der Waals surface area contributed by atoms with Crippen LogP contribution in [0.4, 0.5) is 11.4 Å². The SMILES string of the molecule is COc1ccc(/C=N\NC(=O)[C@H]2C[C@H]2C(=O)N/N=C\c2ccc(OC)c([N+](=O)[O-])c2)cc1[N+](=O)[O-]. The molecule has 182 valence electrons. The molecule has 1 aliphatic carbocycles. The molecule has 2 atom stereocenters. The number of hydrazone groups is 2. The predicted octanol–water partition coefficient (Wildman–Crippen LogP) is 1.76. The van der Waals surface area contributed by atoms with Crippen molar-refractivity contribution < 1.29 is 28.9 Å². The van der Waals surface area contributed by atoms with E-state index in [-0.39, 0.29) is 22.9 Å². The second-order valence-corrected chi connectivity index (χ2v) is 7.29. The third-order valence-corrected chi connectivity index (χ3v) is 5.04. The van der Waals surface area contributed by atoms with Crippen molar-refractivity contribution in [3.63, 3.8) is 0 Å². The lowest BCUT2D eigenvalue weighted by molar-refractivity contribution is -0.385. The van der Waals surface area contributed by atoms with E-state index in [1.165, 1.54) is 63.0 Å². The Hall–Kier alpha value is -4.88. The van der Waals surface area contributed by atoms with Gasteiger partial charge in [-0.15, -0.1) is 0 Å². The molecule has 0 aromatic heterocycles. The molecule has 0 unspecified atom stereocenters. The van der Waals surface area contributed by atoms with Crippen LogP contribution < -0.4 is 20.3 Å². The minimum Gasteiger partial charge on any atom is -0.490 e. The molecule has 2 aromatic rings. The van der Waals surface area contributed by atoms with Crippen molar-refractivity contribution in [2.75, 3.05) is 14.2 Å². The summed E-state index contributed by atoms with van der Waals surface area (Å²) in [5, 5.41) is 29.7. The van der Waals surface area contributed by atoms with Crippen LogP contribution >= 0.6 is 0 Å². The van der Waals surface area contributed by atoms with Gasteiger partial charge in [0.1, 0.15) is 0 Å². The number of nitrogens with zero attached hydrogens (tertiary/aromatic N) is 4. The Morgan fingerprint density at radius 3 is 1.60 bits per heavy atom. The third kappa shape index (κ3) is 6.13. The van der Waals surface area contributed by atoms with E-state index in [9.17, 15) is 29.8 Å². The first-order chi connectivity index (χ1) is 16.7. The van der Waals surface area contributed by atoms with E-state index in [2.05, 4.69) is 21.1 Å². The van der Waals surface area contributed by atoms with Crippen molar-refractivity contribution in [3.8, 4) is 11.5 Å². The molecule has 0 heterocycles. The molecule has 35 heavy (non-hydrogen) atoms. The number of carbonyl (C=O) groups excluding carboxylic acids is 2. The third-order valence-electron chi connectivity index (χ3n) is 5.04. The Kier molecular flexibility index (Phi) is 7.66. The fourth-order valence-corrected chi connectivity index (χ4v) is 3.14. The monoisotopic (exact) mass is 484 g/mol. The highest BCUT2D eigenvalue weighted by Gasteiger charge is 2.48. The zero-order chi connectivity index (χ0) is 25.5. The van der Waals surface area contributed by atoms with Gasteiger partial charge in [-0.25, -0.2) is 10.9 Å². The van der Waals surface area contributed by atoms with Crippen molar-refractivity contribution >= 4 is 35.6 Å². The largest absolute Gasteiger partial charge is 0.490 e. The lowest BCUT2D eigenvalue weighted by Gasteiger charge is -2.02. The minimum absolute atomic E-state index is 0.0934. The number of ether oxygens (including phenoxy) is 2. The Labute approximate surface area is 197 Å². The van der Waals surface area contributed by atoms with Crippen molar-refractivity contribution in [3.05, 3.63) is 67.8 Å². The first-order valence-corrected chi connectivity index (χ1v) is 10.1. The van der Waals surface area contributed by atoms with Gasteiger partial charge in [-0.1, -0.05) is 0 Å². The first-order valence-electron chi connectivity index (χ1n) is 10.1. The van der Waals surface area contributed by atoms with Crippen molar-refractivity contribution in [1.29, 1.82) is 0 Å². The number of hydrogen-bond acceptors (Lipinski definition) is 10. The number of hydrogen-bond donors (Lipinski definition) is 2. The molecule has 2 aromatic carbocycles. The average Bonchev–Trinajstić information content (AvgIpc) is 3.65. The Morgan fingerprint density at radius 2 is 1.26 bits per heavy atom. The smallest absolute Gasteiger partial charge is 0.311 e. The van der Waals surface area contributed by atoms with Gasteiger partial charge in [0.15, 0.2) is 11.5 Å². The van der Waals surface area contributed by atoms with Crippen LogP contribution in [0.2, 0.25) is 0 Å². The number of nitro benzene ring substituents is 2. The second kappa shape index (κ2) is 10.8. The molecule has 0 aliphatic heterocycles. The van der Waals surface area contributed by atoms with E-state index in [1.54, 1.807) is 0 Å². The molecule has 2 amide bonds. The highest BCUT2D eigenvalue weighted by atomic mass is 16.6. The fourth-order valence-electron chi connectivity index (χ4n) is 3.14. The lowest BCUT2D eigenvalue weighted by Crippen LogP contribution is -2.25. The van der Waals surface area contributed by atoms with Gasteiger partial charge in [-0.05, 0) is 30.7 Å². The molecule has 1 fully saturated rings. The van der Waals surface area contributed by atoms with Gasteiger partial charge in [0.2, 0.25) is 11.8 Å². The standard InChI is InChI=1S/C21H20N6O8/c1-34-18-5-3-12(7-16(18)26(30)31)10-22-24-20(28)14-9-15(14)21(29)25-23-11-13-4-6-19(35-2)17(8-13)27(32)33/h3-8,10-11,14-15H,9H2,1-2H3,(H,24,28)(H,25,29)/b22-10-,23-11-/t14-,15+.